The van der Waals surface area contributed by atoms with Gasteiger partial charge in [-0.15, -0.1) is 30.6 Å². The first kappa shape index (κ1) is 20.1. The third kappa shape index (κ3) is 4.14. The highest BCUT2D eigenvalue weighted by molar-refractivity contribution is 9.26. The van der Waals surface area contributed by atoms with Crippen LogP contribution in [0.2, 0.25) is 26.2 Å². The second-order valence-electron chi connectivity index (χ2n) is 7.91. The highest BCUT2D eigenvalue weighted by Crippen LogP contribution is 2.29. The predicted molar refractivity (Wildman–Crippen MR) is 123 cm³/mol. The molecule has 2 rings (SSSR count). The van der Waals surface area contributed by atoms with E-state index in [0.717, 1.165) is 0 Å². The number of aryl methyl sites for hydroxylation is 4. The van der Waals surface area contributed by atoms with E-state index >= 15 is 0 Å². The summed E-state index contributed by atoms with van der Waals surface area (Å²) in [5.74, 6) is 0. The number of halogens is 2. The van der Waals surface area contributed by atoms with E-state index < -0.39 is 13.4 Å². The number of benzene rings is 2. The topological polar surface area (TPSA) is 0 Å². The van der Waals surface area contributed by atoms with Gasteiger partial charge in [-0.05, 0) is 71.4 Å². The molecule has 0 atom stereocenters. The second-order valence-corrected chi connectivity index (χ2v) is 26.8. The highest BCUT2D eigenvalue weighted by Gasteiger charge is 2.29. The third-order valence-electron chi connectivity index (χ3n) is 4.84. The Morgan fingerprint density at radius 2 is 0.792 bits per heavy atom. The van der Waals surface area contributed by atoms with Crippen molar-refractivity contribution in [3.8, 4) is 11.1 Å². The van der Waals surface area contributed by atoms with E-state index in [4.69, 9.17) is 0 Å². The molecule has 0 N–H and O–H groups in total. The van der Waals surface area contributed by atoms with E-state index in [1.54, 1.807) is 0 Å². The van der Waals surface area contributed by atoms with Crippen LogP contribution in [0.4, 0.5) is 0 Å². The molecular weight excluding hydrogens is 456 g/mol. The Kier molecular flexibility index (Phi) is 5.76. The van der Waals surface area contributed by atoms with E-state index in [-0.39, 0.29) is 0 Å². The smallest absolute Gasteiger partial charge is 0.121 e. The molecule has 2 aromatic rings. The zero-order valence-electron chi connectivity index (χ0n) is 16.1. The standard InChI is InChI=1S/C20H28Br2Si2/c1-13-9-17(19(11-15(13)3)23(5,6)21)18-10-14(2)16(4)12-20(18)24(7,8)22/h9-12H,1-8H3. The lowest BCUT2D eigenvalue weighted by Gasteiger charge is -2.26. The van der Waals surface area contributed by atoms with Crippen LogP contribution in [0.15, 0.2) is 24.3 Å². The van der Waals surface area contributed by atoms with Crippen LogP contribution < -0.4 is 10.4 Å². The molecule has 0 aromatic heterocycles. The minimum absolute atomic E-state index is 1.37. The maximum absolute atomic E-state index is 4.04. The molecule has 4 heteroatoms. The van der Waals surface area contributed by atoms with Gasteiger partial charge in [0.05, 0.1) is 0 Å². The normalized spacial score (nSPS) is 12.6. The zero-order chi connectivity index (χ0) is 18.4. The van der Waals surface area contributed by atoms with Gasteiger partial charge in [-0.3, -0.25) is 0 Å². The van der Waals surface area contributed by atoms with Gasteiger partial charge in [0.2, 0.25) is 0 Å². The molecule has 0 amide bonds. The molecule has 0 aliphatic carbocycles. The molecule has 0 fully saturated rings. The summed E-state index contributed by atoms with van der Waals surface area (Å²) in [5.41, 5.74) is 8.36. The monoisotopic (exact) mass is 482 g/mol. The molecule has 24 heavy (non-hydrogen) atoms. The SMILES string of the molecule is Cc1cc(-c2cc(C)c(C)cc2[Si](C)(C)Br)c([Si](C)(C)Br)cc1C. The fourth-order valence-corrected chi connectivity index (χ4v) is 7.84. The molecule has 0 saturated carbocycles. The number of hydrogen-bond acceptors (Lipinski definition) is 0. The Morgan fingerprint density at radius 1 is 0.542 bits per heavy atom. The minimum atomic E-state index is -1.62. The molecule has 0 saturated heterocycles. The van der Waals surface area contributed by atoms with E-state index in [1.807, 2.05) is 0 Å². The molecule has 0 spiro atoms. The van der Waals surface area contributed by atoms with Crippen molar-refractivity contribution in [2.75, 3.05) is 0 Å². The summed E-state index contributed by atoms with van der Waals surface area (Å²) < 4.78 is 0. The predicted octanol–water partition coefficient (Wildman–Crippen LogP) is 6.20. The molecule has 0 heterocycles. The van der Waals surface area contributed by atoms with Crippen LogP contribution in [0.3, 0.4) is 0 Å². The lowest BCUT2D eigenvalue weighted by Crippen LogP contribution is -2.40. The van der Waals surface area contributed by atoms with Crippen molar-refractivity contribution >= 4 is 54.3 Å². The van der Waals surface area contributed by atoms with Gasteiger partial charge in [0, 0.05) is 0 Å². The van der Waals surface area contributed by atoms with Crippen molar-refractivity contribution in [1.82, 2.24) is 0 Å². The van der Waals surface area contributed by atoms with Crippen molar-refractivity contribution in [1.29, 1.82) is 0 Å². The lowest BCUT2D eigenvalue weighted by molar-refractivity contribution is 1.33. The summed E-state index contributed by atoms with van der Waals surface area (Å²) in [5, 5.41) is 3.00. The Labute approximate surface area is 165 Å². The number of hydrogen-bond donors (Lipinski definition) is 0. The van der Waals surface area contributed by atoms with Crippen LogP contribution in [0, 0.1) is 27.7 Å². The van der Waals surface area contributed by atoms with E-state index in [0.29, 0.717) is 0 Å². The molecular formula is C20H28Br2Si2. The molecule has 0 bridgehead atoms. The van der Waals surface area contributed by atoms with Crippen LogP contribution in [-0.4, -0.2) is 13.4 Å². The van der Waals surface area contributed by atoms with Crippen molar-refractivity contribution in [2.45, 2.75) is 53.9 Å². The van der Waals surface area contributed by atoms with Gasteiger partial charge in [-0.1, -0.05) is 50.5 Å². The largest absolute Gasteiger partial charge is 0.155 e. The lowest BCUT2D eigenvalue weighted by atomic mass is 9.97. The van der Waals surface area contributed by atoms with Crippen molar-refractivity contribution in [3.05, 3.63) is 46.5 Å². The Morgan fingerprint density at radius 3 is 1.04 bits per heavy atom. The van der Waals surface area contributed by atoms with Gasteiger partial charge >= 0.3 is 0 Å². The summed E-state index contributed by atoms with van der Waals surface area (Å²) in [7, 11) is 0. The first-order valence-corrected chi connectivity index (χ1v) is 19.0. The molecule has 0 unspecified atom stereocenters. The van der Waals surface area contributed by atoms with Gasteiger partial charge in [-0.25, -0.2) is 0 Å². The quantitative estimate of drug-likeness (QED) is 0.360. The van der Waals surface area contributed by atoms with Crippen LogP contribution in [0.1, 0.15) is 22.3 Å². The highest BCUT2D eigenvalue weighted by atomic mass is 79.9. The summed E-state index contributed by atoms with van der Waals surface area (Å²) in [4.78, 5) is 0. The fourth-order valence-electron chi connectivity index (χ4n) is 3.06. The molecule has 2 aromatic carbocycles. The summed E-state index contributed by atoms with van der Waals surface area (Å²) in [6.45, 7) is 15.2. The average molecular weight is 484 g/mol. The Balaban J connectivity index is 2.91. The van der Waals surface area contributed by atoms with Crippen LogP contribution in [0.25, 0.3) is 11.1 Å². The van der Waals surface area contributed by atoms with Gasteiger partial charge in [0.15, 0.2) is 13.4 Å². The molecule has 130 valence electrons. The van der Waals surface area contributed by atoms with E-state index in [9.17, 15) is 0 Å². The van der Waals surface area contributed by atoms with Crippen molar-refractivity contribution in [3.63, 3.8) is 0 Å². The Bertz CT molecular complexity index is 714. The van der Waals surface area contributed by atoms with Gasteiger partial charge in [0.25, 0.3) is 0 Å². The molecule has 0 radical (unpaired) electrons. The first-order chi connectivity index (χ1) is 10.8. The van der Waals surface area contributed by atoms with E-state index in [1.165, 1.54) is 43.8 Å². The van der Waals surface area contributed by atoms with Crippen LogP contribution in [0.5, 0.6) is 0 Å². The van der Waals surface area contributed by atoms with Crippen molar-refractivity contribution in [2.24, 2.45) is 0 Å². The summed E-state index contributed by atoms with van der Waals surface area (Å²) in [6, 6.07) is 9.63. The van der Waals surface area contributed by atoms with Crippen LogP contribution in [-0.2, 0) is 0 Å². The average Bonchev–Trinajstić information content (AvgIpc) is 2.41. The Hall–Kier alpha value is -0.166. The number of rotatable bonds is 3. The summed E-state index contributed by atoms with van der Waals surface area (Å²) >= 11 is 8.08. The van der Waals surface area contributed by atoms with E-state index in [2.05, 4.69) is 109 Å². The maximum atomic E-state index is 4.04. The van der Waals surface area contributed by atoms with Crippen molar-refractivity contribution < 1.29 is 0 Å². The molecule has 0 aliphatic rings. The van der Waals surface area contributed by atoms with Gasteiger partial charge < -0.3 is 0 Å². The van der Waals surface area contributed by atoms with Gasteiger partial charge in [-0.2, -0.15) is 0 Å². The third-order valence-corrected chi connectivity index (χ3v) is 10.8. The molecule has 0 aliphatic heterocycles. The zero-order valence-corrected chi connectivity index (χ0v) is 21.2. The maximum Gasteiger partial charge on any atom is 0.155 e. The van der Waals surface area contributed by atoms with Gasteiger partial charge in [0.1, 0.15) is 0 Å². The van der Waals surface area contributed by atoms with Crippen LogP contribution >= 0.6 is 30.6 Å². The molecule has 0 nitrogen and oxygen atoms in total. The fraction of sp³-hybridized carbons (Fsp3) is 0.400. The minimum Gasteiger partial charge on any atom is -0.121 e. The first-order valence-electron chi connectivity index (χ1n) is 8.44. The second kappa shape index (κ2) is 6.86. The summed E-state index contributed by atoms with van der Waals surface area (Å²) in [6.07, 6.45) is 0.